The quantitative estimate of drug-likeness (QED) is 0.146. The Hall–Kier alpha value is -6.69. The third-order valence-electron chi connectivity index (χ3n) is 6.95. The molecule has 0 saturated heterocycles. The van der Waals surface area contributed by atoms with Crippen LogP contribution in [-0.2, 0) is 23.7 Å². The Labute approximate surface area is 272 Å². The summed E-state index contributed by atoms with van der Waals surface area (Å²) in [6.07, 6.45) is -10.3. The summed E-state index contributed by atoms with van der Waals surface area (Å²) in [6, 6.07) is 13.1. The van der Waals surface area contributed by atoms with Gasteiger partial charge in [0.15, 0.2) is 0 Å². The molecule has 0 fully saturated rings. The summed E-state index contributed by atoms with van der Waals surface area (Å²) in [4.78, 5) is 9.88. The van der Waals surface area contributed by atoms with E-state index in [2.05, 4.69) is 15.0 Å². The minimum Gasteiger partial charge on any atom is -0.236 e. The molecule has 3 heterocycles. The Morgan fingerprint density at radius 3 is 1.39 bits per heavy atom. The summed E-state index contributed by atoms with van der Waals surface area (Å²) in [5.74, 6) is -3.73. The van der Waals surface area contributed by atoms with Crippen molar-refractivity contribution in [1.82, 2.24) is 15.0 Å². The molecule has 3 aromatic heterocycles. The first-order chi connectivity index (χ1) is 22.7. The number of aromatic nitrogens is 3. The molecule has 0 aliphatic heterocycles. The van der Waals surface area contributed by atoms with Gasteiger partial charge in [-0.1, -0.05) is 0 Å². The van der Waals surface area contributed by atoms with E-state index in [1.165, 1.54) is 18.2 Å². The number of hydrogen-bond donors (Lipinski definition) is 0. The number of alkyl halides is 8. The number of rotatable bonds is 6. The first kappa shape index (κ1) is 36.8. The molecule has 3 aromatic rings. The van der Waals surface area contributed by atoms with Crippen LogP contribution in [0, 0.1) is 68.0 Å². The Bertz CT molecular complexity index is 2180. The highest BCUT2D eigenvalue weighted by atomic mass is 19.4. The number of nitriles is 6. The zero-order valence-corrected chi connectivity index (χ0v) is 25.0. The second kappa shape index (κ2) is 13.2. The van der Waals surface area contributed by atoms with Gasteiger partial charge < -0.3 is 0 Å². The number of nitrogens with zero attached hydrogens (tertiary/aromatic N) is 9. The monoisotopic (exact) mass is 677 g/mol. The lowest BCUT2D eigenvalue weighted by Crippen LogP contribution is -2.27. The van der Waals surface area contributed by atoms with Crippen molar-refractivity contribution in [3.05, 3.63) is 98.4 Å². The van der Waals surface area contributed by atoms with E-state index in [0.29, 0.717) is 25.1 Å². The minimum absolute atomic E-state index is 0.360. The van der Waals surface area contributed by atoms with E-state index in [-0.39, 0.29) is 0 Å². The first-order valence-corrected chi connectivity index (χ1v) is 13.2. The number of halogens is 8. The minimum atomic E-state index is -5.18. The Morgan fingerprint density at radius 2 is 0.980 bits per heavy atom. The topological polar surface area (TPSA) is 181 Å². The number of pyridine rings is 3. The van der Waals surface area contributed by atoms with Gasteiger partial charge in [-0.05, 0) is 78.1 Å². The molecule has 1 atom stereocenters. The van der Waals surface area contributed by atoms with Crippen LogP contribution in [0.1, 0.15) is 71.6 Å². The van der Waals surface area contributed by atoms with Crippen LogP contribution in [0.2, 0.25) is 0 Å². The van der Waals surface area contributed by atoms with Crippen LogP contribution in [0.25, 0.3) is 11.1 Å². The molecule has 1 unspecified atom stereocenters. The normalized spacial score (nSPS) is 13.9. The van der Waals surface area contributed by atoms with Gasteiger partial charge in [0.1, 0.15) is 69.9 Å². The molecular weight excluding hydrogens is 662 g/mol. The van der Waals surface area contributed by atoms with Gasteiger partial charge in [0.2, 0.25) is 0 Å². The van der Waals surface area contributed by atoms with Gasteiger partial charge in [-0.25, -0.2) is 15.0 Å². The predicted molar refractivity (Wildman–Crippen MR) is 150 cm³/mol. The highest BCUT2D eigenvalue weighted by Crippen LogP contribution is 2.45. The molecule has 3 rings (SSSR count). The number of allylic oxidation sites excluding steroid dienone is 4. The summed E-state index contributed by atoms with van der Waals surface area (Å²) in [7, 11) is 0. The van der Waals surface area contributed by atoms with Crippen molar-refractivity contribution < 1.29 is 35.1 Å². The molecule has 0 aliphatic carbocycles. The maximum atomic E-state index is 14.4. The second-order valence-electron chi connectivity index (χ2n) is 10.3. The maximum absolute atomic E-state index is 14.4. The highest BCUT2D eigenvalue weighted by molar-refractivity contribution is 5.91. The van der Waals surface area contributed by atoms with E-state index in [1.54, 1.807) is 18.2 Å². The summed E-state index contributed by atoms with van der Waals surface area (Å²) in [5, 5.41) is 59.5. The van der Waals surface area contributed by atoms with Crippen LogP contribution < -0.4 is 0 Å². The molecule has 17 heteroatoms. The van der Waals surface area contributed by atoms with Crippen molar-refractivity contribution in [3.8, 4) is 36.4 Å². The zero-order valence-electron chi connectivity index (χ0n) is 25.0. The van der Waals surface area contributed by atoms with Crippen LogP contribution >= 0.6 is 0 Å². The predicted octanol–water partition coefficient (Wildman–Crippen LogP) is 7.39. The SMILES string of the molecule is CC(=C(/C#N)c1cc(C#N)nc(C(F)(F)F)c1)/C(=C(/C#N)c1cc(C#N)nc(C(C)(F)F)c1)C(C)(C#N)c1cc(C#N)nc(C(F)(F)F)c1. The van der Waals surface area contributed by atoms with Crippen molar-refractivity contribution in [2.45, 2.75) is 44.5 Å². The zero-order chi connectivity index (χ0) is 37.1. The smallest absolute Gasteiger partial charge is 0.236 e. The van der Waals surface area contributed by atoms with Gasteiger partial charge in [-0.3, -0.25) is 0 Å². The fourth-order valence-electron chi connectivity index (χ4n) is 4.69. The van der Waals surface area contributed by atoms with E-state index >= 15 is 0 Å². The second-order valence-corrected chi connectivity index (χ2v) is 10.3. The summed E-state index contributed by atoms with van der Waals surface area (Å²) >= 11 is 0. The molecule has 0 spiro atoms. The van der Waals surface area contributed by atoms with Gasteiger partial charge in [0, 0.05) is 6.92 Å². The molecule has 0 amide bonds. The van der Waals surface area contributed by atoms with E-state index < -0.39 is 96.8 Å². The lowest BCUT2D eigenvalue weighted by molar-refractivity contribution is -0.142. The molecule has 0 aliphatic rings. The van der Waals surface area contributed by atoms with Crippen molar-refractivity contribution >= 4 is 11.1 Å². The Balaban J connectivity index is 2.72. The molecule has 244 valence electrons. The Morgan fingerprint density at radius 1 is 0.571 bits per heavy atom. The molecule has 9 nitrogen and oxygen atoms in total. The summed E-state index contributed by atoms with van der Waals surface area (Å²) < 4.78 is 112. The molecule has 0 radical (unpaired) electrons. The van der Waals surface area contributed by atoms with E-state index in [4.69, 9.17) is 0 Å². The fourth-order valence-corrected chi connectivity index (χ4v) is 4.69. The first-order valence-electron chi connectivity index (χ1n) is 13.2. The molecule has 0 bridgehead atoms. The molecule has 0 aromatic carbocycles. The van der Waals surface area contributed by atoms with Crippen LogP contribution in [0.3, 0.4) is 0 Å². The number of hydrogen-bond acceptors (Lipinski definition) is 9. The average Bonchev–Trinajstić information content (AvgIpc) is 3.05. The average molecular weight is 678 g/mol. The summed E-state index contributed by atoms with van der Waals surface area (Å²) in [6.45, 7) is 2.37. The third-order valence-corrected chi connectivity index (χ3v) is 6.95. The molecule has 0 saturated carbocycles. The van der Waals surface area contributed by atoms with E-state index in [1.807, 2.05) is 0 Å². The standard InChI is InChI=1S/C32H15F8N9/c1-16(23(13-44)17-4-21(11-42)48-26(7-17)31(35,36)37)28(24(14-45)18-5-20(10-41)47-25(6-18)30(3,33)34)29(2,15-46)19-8-22(12-43)49-27(9-19)32(38,39)40/h4-9H,1-3H3/b23-16+,28-24+. The Kier molecular flexibility index (Phi) is 9.91. The van der Waals surface area contributed by atoms with Crippen molar-refractivity contribution in [1.29, 1.82) is 31.6 Å². The third kappa shape index (κ3) is 7.49. The van der Waals surface area contributed by atoms with Gasteiger partial charge in [-0.15, -0.1) is 0 Å². The van der Waals surface area contributed by atoms with Crippen LogP contribution in [-0.4, -0.2) is 15.0 Å². The molecule has 49 heavy (non-hydrogen) atoms. The van der Waals surface area contributed by atoms with Crippen molar-refractivity contribution in [2.75, 3.05) is 0 Å². The molecule has 0 N–H and O–H groups in total. The molecular formula is C32H15F8N9. The largest absolute Gasteiger partial charge is 0.433 e. The van der Waals surface area contributed by atoms with E-state index in [9.17, 15) is 66.7 Å². The van der Waals surface area contributed by atoms with Crippen molar-refractivity contribution in [3.63, 3.8) is 0 Å². The van der Waals surface area contributed by atoms with Gasteiger partial charge in [0.05, 0.1) is 17.2 Å². The van der Waals surface area contributed by atoms with Gasteiger partial charge in [0.25, 0.3) is 5.92 Å². The van der Waals surface area contributed by atoms with Crippen LogP contribution in [0.5, 0.6) is 0 Å². The maximum Gasteiger partial charge on any atom is 0.433 e. The summed E-state index contributed by atoms with van der Waals surface area (Å²) in [5.41, 5.74) is -13.7. The lowest BCUT2D eigenvalue weighted by atomic mass is 9.70. The van der Waals surface area contributed by atoms with Gasteiger partial charge >= 0.3 is 12.4 Å². The van der Waals surface area contributed by atoms with Crippen LogP contribution in [0.15, 0.2) is 47.5 Å². The fraction of sp³-hybridized carbons (Fsp3) is 0.219. The van der Waals surface area contributed by atoms with Crippen molar-refractivity contribution in [2.24, 2.45) is 0 Å². The van der Waals surface area contributed by atoms with Crippen LogP contribution in [0.4, 0.5) is 35.1 Å². The highest BCUT2D eigenvalue weighted by Gasteiger charge is 2.41. The van der Waals surface area contributed by atoms with Gasteiger partial charge in [-0.2, -0.15) is 66.7 Å². The van der Waals surface area contributed by atoms with E-state index in [0.717, 1.165) is 32.0 Å². The lowest BCUT2D eigenvalue weighted by Gasteiger charge is -2.29.